The fraction of sp³-hybridized carbons (Fsp3) is 0.231. The summed E-state index contributed by atoms with van der Waals surface area (Å²) in [5, 5.41) is 7.65. The molecule has 4 aromatic rings. The summed E-state index contributed by atoms with van der Waals surface area (Å²) in [7, 11) is 0. The Bertz CT molecular complexity index is 1490. The molecule has 10 heteroatoms. The summed E-state index contributed by atoms with van der Waals surface area (Å²) in [5.41, 5.74) is 4.33. The van der Waals surface area contributed by atoms with Gasteiger partial charge in [0.1, 0.15) is 11.9 Å². The van der Waals surface area contributed by atoms with E-state index in [0.717, 1.165) is 32.8 Å². The average molecular weight is 498 g/mol. The van der Waals surface area contributed by atoms with Crippen LogP contribution in [0.5, 0.6) is 0 Å². The van der Waals surface area contributed by atoms with Crippen molar-refractivity contribution in [1.82, 2.24) is 34.9 Å². The number of amides is 2. The van der Waals surface area contributed by atoms with Crippen LogP contribution in [0.15, 0.2) is 66.2 Å². The molecule has 1 fully saturated rings. The molecule has 36 heavy (non-hydrogen) atoms. The Labute approximate surface area is 212 Å². The Hall–Kier alpha value is -4.05. The monoisotopic (exact) mass is 497 g/mol. The van der Waals surface area contributed by atoms with Crippen molar-refractivity contribution in [3.63, 3.8) is 0 Å². The Morgan fingerprint density at radius 1 is 1.11 bits per heavy atom. The largest absolute Gasteiger partial charge is 0.352 e. The number of carbonyl (C=O) groups excluding carboxylic acids is 2. The van der Waals surface area contributed by atoms with Gasteiger partial charge in [-0.15, -0.1) is 11.8 Å². The maximum atomic E-state index is 13.9. The fourth-order valence-corrected chi connectivity index (χ4v) is 5.81. The Morgan fingerprint density at radius 2 is 2.00 bits per heavy atom. The number of fused-ring (bicyclic) bond motifs is 3. The molecule has 0 bridgehead atoms. The van der Waals surface area contributed by atoms with E-state index < -0.39 is 5.54 Å². The number of piperazine rings is 1. The van der Waals surface area contributed by atoms with Crippen LogP contribution in [-0.2, 0) is 10.5 Å². The van der Waals surface area contributed by atoms with Gasteiger partial charge in [-0.05, 0) is 37.1 Å². The van der Waals surface area contributed by atoms with Crippen LogP contribution in [0.4, 0.5) is 0 Å². The summed E-state index contributed by atoms with van der Waals surface area (Å²) < 4.78 is 1.72. The van der Waals surface area contributed by atoms with Crippen LogP contribution < -0.4 is 5.32 Å². The van der Waals surface area contributed by atoms with Gasteiger partial charge in [0.2, 0.25) is 5.91 Å². The van der Waals surface area contributed by atoms with Crippen molar-refractivity contribution >= 4 is 23.6 Å². The van der Waals surface area contributed by atoms with E-state index in [4.69, 9.17) is 5.10 Å². The molecule has 2 aliphatic heterocycles. The van der Waals surface area contributed by atoms with Gasteiger partial charge < -0.3 is 10.2 Å². The Morgan fingerprint density at radius 3 is 2.78 bits per heavy atom. The summed E-state index contributed by atoms with van der Waals surface area (Å²) in [6, 6.07) is 12.0. The first kappa shape index (κ1) is 22.4. The van der Waals surface area contributed by atoms with Gasteiger partial charge in [-0.2, -0.15) is 5.10 Å². The highest BCUT2D eigenvalue weighted by Crippen LogP contribution is 2.46. The third kappa shape index (κ3) is 3.56. The average Bonchev–Trinajstić information content (AvgIpc) is 3.31. The highest BCUT2D eigenvalue weighted by molar-refractivity contribution is 7.98. The van der Waals surface area contributed by atoms with Crippen molar-refractivity contribution < 1.29 is 9.59 Å². The van der Waals surface area contributed by atoms with Crippen molar-refractivity contribution in [2.24, 2.45) is 0 Å². The molecule has 1 saturated heterocycles. The van der Waals surface area contributed by atoms with Crippen LogP contribution >= 0.6 is 11.8 Å². The molecule has 0 saturated carbocycles. The van der Waals surface area contributed by atoms with E-state index in [1.54, 1.807) is 53.7 Å². The molecule has 0 spiro atoms. The summed E-state index contributed by atoms with van der Waals surface area (Å²) in [5.74, 6) is 0.828. The first-order valence-electron chi connectivity index (χ1n) is 11.6. The van der Waals surface area contributed by atoms with Gasteiger partial charge >= 0.3 is 0 Å². The predicted molar refractivity (Wildman–Crippen MR) is 136 cm³/mol. The smallest absolute Gasteiger partial charge is 0.276 e. The molecule has 6 rings (SSSR count). The van der Waals surface area contributed by atoms with Crippen molar-refractivity contribution in [2.45, 2.75) is 30.0 Å². The molecule has 0 atom stereocenters. The molecule has 1 aromatic carbocycles. The Kier molecular flexibility index (Phi) is 5.33. The predicted octanol–water partition coefficient (Wildman–Crippen LogP) is 3.35. The molecule has 9 nitrogen and oxygen atoms in total. The number of pyridine rings is 1. The van der Waals surface area contributed by atoms with E-state index >= 15 is 0 Å². The zero-order chi connectivity index (χ0) is 24.9. The van der Waals surface area contributed by atoms with Gasteiger partial charge in [0.05, 0.1) is 10.6 Å². The number of benzene rings is 1. The zero-order valence-corrected chi connectivity index (χ0v) is 20.6. The molecule has 3 aromatic heterocycles. The molecular weight excluding hydrogens is 474 g/mol. The minimum atomic E-state index is -0.981. The second-order valence-corrected chi connectivity index (χ2v) is 10.2. The summed E-state index contributed by atoms with van der Waals surface area (Å²) in [4.78, 5) is 41.6. The van der Waals surface area contributed by atoms with Crippen LogP contribution in [0.2, 0.25) is 0 Å². The molecule has 1 N–H and O–H groups in total. The van der Waals surface area contributed by atoms with Gasteiger partial charge in [0, 0.05) is 54.6 Å². The van der Waals surface area contributed by atoms with Gasteiger partial charge in [0.15, 0.2) is 11.5 Å². The molecule has 5 heterocycles. The van der Waals surface area contributed by atoms with Crippen molar-refractivity contribution in [1.29, 1.82) is 0 Å². The van der Waals surface area contributed by atoms with Crippen molar-refractivity contribution in [3.8, 4) is 28.2 Å². The van der Waals surface area contributed by atoms with Crippen molar-refractivity contribution in [2.75, 3.05) is 13.1 Å². The van der Waals surface area contributed by atoms with Crippen molar-refractivity contribution in [3.05, 3.63) is 72.6 Å². The molecule has 180 valence electrons. The maximum absolute atomic E-state index is 13.9. The molecular formula is C26H23N7O2S. The van der Waals surface area contributed by atoms with Crippen LogP contribution in [0, 0.1) is 0 Å². The summed E-state index contributed by atoms with van der Waals surface area (Å²) in [6.45, 7) is 4.35. The lowest BCUT2D eigenvalue weighted by Gasteiger charge is -2.40. The van der Waals surface area contributed by atoms with Crippen LogP contribution in [0.1, 0.15) is 29.9 Å². The first-order valence-corrected chi connectivity index (χ1v) is 12.6. The van der Waals surface area contributed by atoms with E-state index in [2.05, 4.69) is 38.5 Å². The highest BCUT2D eigenvalue weighted by atomic mass is 32.2. The summed E-state index contributed by atoms with van der Waals surface area (Å²) >= 11 is 1.58. The number of carbonyl (C=O) groups is 2. The third-order valence-electron chi connectivity index (χ3n) is 6.66. The maximum Gasteiger partial charge on any atom is 0.276 e. The second-order valence-electron chi connectivity index (χ2n) is 9.18. The standard InChI is InChI=1S/C26H23N7O2S/c1-26(2)25(35)29-10-11-32(26)24(34)21-23-22(33(31-21)20-7-9-28-15-30-20)19-12-16(5-6-18(19)14-36-23)17-4-3-8-27-13-17/h3-9,12-13,15H,10-11,14H2,1-2H3,(H,29,35). The number of aromatic nitrogens is 5. The normalized spacial score (nSPS) is 16.2. The van der Waals surface area contributed by atoms with Gasteiger partial charge in [-0.3, -0.25) is 14.6 Å². The molecule has 0 unspecified atom stereocenters. The minimum absolute atomic E-state index is 0.176. The number of nitrogens with one attached hydrogen (secondary N) is 1. The van der Waals surface area contributed by atoms with E-state index in [-0.39, 0.29) is 11.8 Å². The fourth-order valence-electron chi connectivity index (χ4n) is 4.66. The van der Waals surface area contributed by atoms with Gasteiger partial charge in [-0.25, -0.2) is 14.6 Å². The topological polar surface area (TPSA) is 106 Å². The highest BCUT2D eigenvalue weighted by Gasteiger charge is 2.43. The quantitative estimate of drug-likeness (QED) is 0.463. The third-order valence-corrected chi connectivity index (χ3v) is 7.79. The summed E-state index contributed by atoms with van der Waals surface area (Å²) in [6.07, 6.45) is 6.70. The molecule has 0 aliphatic carbocycles. The molecule has 2 amide bonds. The van der Waals surface area contributed by atoms with E-state index in [9.17, 15) is 9.59 Å². The lowest BCUT2D eigenvalue weighted by atomic mass is 9.97. The van der Waals surface area contributed by atoms with Crippen LogP contribution in [-0.4, -0.2) is 60.1 Å². The van der Waals surface area contributed by atoms with Gasteiger partial charge in [-0.1, -0.05) is 18.2 Å². The van der Waals surface area contributed by atoms with E-state index in [1.165, 1.54) is 6.33 Å². The first-order chi connectivity index (χ1) is 17.4. The SMILES string of the molecule is CC1(C)C(=O)NCCN1C(=O)c1nn(-c2ccncn2)c2c1SCc1ccc(-c3cccnc3)cc1-2. The van der Waals surface area contributed by atoms with E-state index in [1.807, 2.05) is 18.3 Å². The number of nitrogens with zero attached hydrogens (tertiary/aromatic N) is 6. The number of hydrogen-bond donors (Lipinski definition) is 1. The number of rotatable bonds is 3. The Balaban J connectivity index is 1.54. The lowest BCUT2D eigenvalue weighted by molar-refractivity contribution is -0.133. The minimum Gasteiger partial charge on any atom is -0.352 e. The molecule has 2 aliphatic rings. The number of hydrogen-bond acceptors (Lipinski definition) is 7. The zero-order valence-electron chi connectivity index (χ0n) is 19.8. The van der Waals surface area contributed by atoms with E-state index in [0.29, 0.717) is 30.4 Å². The van der Waals surface area contributed by atoms with Crippen LogP contribution in [0.3, 0.4) is 0 Å². The lowest BCUT2D eigenvalue weighted by Crippen LogP contribution is -2.63. The number of thioether (sulfide) groups is 1. The molecule has 0 radical (unpaired) electrons. The van der Waals surface area contributed by atoms with Crippen LogP contribution in [0.25, 0.3) is 28.2 Å². The second kappa shape index (κ2) is 8.56. The van der Waals surface area contributed by atoms with Gasteiger partial charge in [0.25, 0.3) is 5.91 Å².